The molecule has 3 aromatic heterocycles. The Hall–Kier alpha value is -3.36. The molecule has 7 nitrogen and oxygen atoms in total. The lowest BCUT2D eigenvalue weighted by Gasteiger charge is -2.34. The number of anilines is 1. The summed E-state index contributed by atoms with van der Waals surface area (Å²) in [5.41, 5.74) is 1.60. The van der Waals surface area contributed by atoms with Gasteiger partial charge in [-0.15, -0.1) is 0 Å². The Morgan fingerprint density at radius 3 is 2.82 bits per heavy atom. The molecule has 1 aromatic carbocycles. The van der Waals surface area contributed by atoms with E-state index in [0.29, 0.717) is 36.9 Å². The molecular formula is C24H21ClFN5O2. The van der Waals surface area contributed by atoms with Crippen LogP contribution in [0.3, 0.4) is 0 Å². The number of ether oxygens (including phenoxy) is 1. The Morgan fingerprint density at radius 2 is 2.06 bits per heavy atom. The second-order valence-electron chi connectivity index (χ2n) is 7.96. The zero-order chi connectivity index (χ0) is 23.1. The highest BCUT2D eigenvalue weighted by Gasteiger charge is 2.25. The summed E-state index contributed by atoms with van der Waals surface area (Å²) in [6, 6.07) is 9.97. The second kappa shape index (κ2) is 8.53. The third-order valence-corrected chi connectivity index (χ3v) is 6.14. The van der Waals surface area contributed by atoms with Crippen molar-refractivity contribution >= 4 is 28.3 Å². The number of pyridine rings is 2. The molecule has 0 N–H and O–H groups in total. The van der Waals surface area contributed by atoms with Crippen molar-refractivity contribution in [3.05, 3.63) is 81.4 Å². The maximum Gasteiger partial charge on any atom is 0.263 e. The number of aromatic nitrogens is 4. The Labute approximate surface area is 194 Å². The molecule has 4 heterocycles. The number of morpholine rings is 1. The second-order valence-corrected chi connectivity index (χ2v) is 8.40. The quantitative estimate of drug-likeness (QED) is 0.454. The predicted molar refractivity (Wildman–Crippen MR) is 125 cm³/mol. The SMILES string of the molecule is Cc1nc2cc(N3CCO[C@H](c4cccnc4)C3)nc(-c3ccc(Cl)cc3F)c2c(=O)n1C. The molecule has 0 bridgehead atoms. The summed E-state index contributed by atoms with van der Waals surface area (Å²) in [4.78, 5) is 28.8. The lowest BCUT2D eigenvalue weighted by molar-refractivity contribution is 0.0393. The van der Waals surface area contributed by atoms with Gasteiger partial charge in [0.05, 0.1) is 23.2 Å². The number of hydrogen-bond acceptors (Lipinski definition) is 6. The van der Waals surface area contributed by atoms with Crippen molar-refractivity contribution in [1.29, 1.82) is 0 Å². The monoisotopic (exact) mass is 465 g/mol. The van der Waals surface area contributed by atoms with Gasteiger partial charge in [0.25, 0.3) is 5.56 Å². The Kier molecular flexibility index (Phi) is 5.55. The number of fused-ring (bicyclic) bond motifs is 1. The van der Waals surface area contributed by atoms with Crippen LogP contribution < -0.4 is 10.5 Å². The molecule has 1 saturated heterocycles. The van der Waals surface area contributed by atoms with Gasteiger partial charge in [0, 0.05) is 54.7 Å². The largest absolute Gasteiger partial charge is 0.370 e. The van der Waals surface area contributed by atoms with Gasteiger partial charge in [0.15, 0.2) is 0 Å². The lowest BCUT2D eigenvalue weighted by Crippen LogP contribution is -2.39. The van der Waals surface area contributed by atoms with Crippen molar-refractivity contribution in [2.75, 3.05) is 24.6 Å². The fourth-order valence-electron chi connectivity index (χ4n) is 4.05. The van der Waals surface area contributed by atoms with Crippen LogP contribution in [0.15, 0.2) is 53.6 Å². The van der Waals surface area contributed by atoms with E-state index in [4.69, 9.17) is 21.3 Å². The number of nitrogens with zero attached hydrogens (tertiary/aromatic N) is 5. The Balaban J connectivity index is 1.67. The van der Waals surface area contributed by atoms with E-state index in [1.54, 1.807) is 44.6 Å². The van der Waals surface area contributed by atoms with Crippen molar-refractivity contribution in [2.24, 2.45) is 7.05 Å². The Bertz CT molecular complexity index is 1410. The molecule has 9 heteroatoms. The average Bonchev–Trinajstić information content (AvgIpc) is 2.82. The fourth-order valence-corrected chi connectivity index (χ4v) is 4.20. The first kappa shape index (κ1) is 21.5. The number of benzene rings is 1. The highest BCUT2D eigenvalue weighted by Crippen LogP contribution is 2.32. The fraction of sp³-hybridized carbons (Fsp3) is 0.250. The van der Waals surface area contributed by atoms with Crippen molar-refractivity contribution in [3.63, 3.8) is 0 Å². The molecule has 4 aromatic rings. The molecule has 0 amide bonds. The summed E-state index contributed by atoms with van der Waals surface area (Å²) in [5, 5.41) is 0.538. The standard InChI is InChI=1S/C24H21ClFN5O2/c1-14-28-19-11-21(31-8-9-33-20(13-31)15-4-3-7-27-12-15)29-23(22(19)24(32)30(14)2)17-6-5-16(25)10-18(17)26/h3-7,10-12,20H,8-9,13H2,1-2H3/t20-/m0/s1. The number of rotatable bonds is 3. The molecule has 1 fully saturated rings. The molecule has 168 valence electrons. The topological polar surface area (TPSA) is 73.1 Å². The molecule has 0 saturated carbocycles. The first-order valence-corrected chi connectivity index (χ1v) is 10.9. The molecule has 1 aliphatic heterocycles. The highest BCUT2D eigenvalue weighted by molar-refractivity contribution is 6.30. The zero-order valence-electron chi connectivity index (χ0n) is 18.1. The van der Waals surface area contributed by atoms with Crippen molar-refractivity contribution in [1.82, 2.24) is 19.5 Å². The van der Waals surface area contributed by atoms with Crippen LogP contribution in [0, 0.1) is 12.7 Å². The molecule has 5 rings (SSSR count). The highest BCUT2D eigenvalue weighted by atomic mass is 35.5. The maximum absolute atomic E-state index is 14.9. The summed E-state index contributed by atoms with van der Waals surface area (Å²) in [6.45, 7) is 3.39. The van der Waals surface area contributed by atoms with E-state index in [-0.39, 0.29) is 33.3 Å². The molecule has 33 heavy (non-hydrogen) atoms. The van der Waals surface area contributed by atoms with E-state index in [1.165, 1.54) is 10.6 Å². The van der Waals surface area contributed by atoms with Crippen LogP contribution in [-0.4, -0.2) is 39.2 Å². The normalized spacial score (nSPS) is 16.4. The van der Waals surface area contributed by atoms with Gasteiger partial charge in [-0.1, -0.05) is 17.7 Å². The number of aryl methyl sites for hydroxylation is 1. The molecule has 0 radical (unpaired) electrons. The molecule has 0 spiro atoms. The number of hydrogen-bond donors (Lipinski definition) is 0. The minimum Gasteiger partial charge on any atom is -0.370 e. The van der Waals surface area contributed by atoms with Crippen LogP contribution in [0.4, 0.5) is 10.2 Å². The summed E-state index contributed by atoms with van der Waals surface area (Å²) in [7, 11) is 1.64. The van der Waals surface area contributed by atoms with Gasteiger partial charge in [0.2, 0.25) is 0 Å². The minimum absolute atomic E-state index is 0.181. The van der Waals surface area contributed by atoms with Crippen LogP contribution in [-0.2, 0) is 11.8 Å². The first-order valence-electron chi connectivity index (χ1n) is 10.5. The van der Waals surface area contributed by atoms with Gasteiger partial charge in [0.1, 0.15) is 23.6 Å². The van der Waals surface area contributed by atoms with E-state index in [9.17, 15) is 9.18 Å². The van der Waals surface area contributed by atoms with E-state index in [2.05, 4.69) is 14.9 Å². The van der Waals surface area contributed by atoms with E-state index in [0.717, 1.165) is 5.56 Å². The number of halogens is 2. The minimum atomic E-state index is -0.550. The maximum atomic E-state index is 14.9. The summed E-state index contributed by atoms with van der Waals surface area (Å²) in [6.07, 6.45) is 3.32. The van der Waals surface area contributed by atoms with Crippen LogP contribution in [0.5, 0.6) is 0 Å². The van der Waals surface area contributed by atoms with Gasteiger partial charge in [-0.05, 0) is 31.2 Å². The Morgan fingerprint density at radius 1 is 1.21 bits per heavy atom. The summed E-state index contributed by atoms with van der Waals surface area (Å²) >= 11 is 5.96. The lowest BCUT2D eigenvalue weighted by atomic mass is 10.1. The van der Waals surface area contributed by atoms with Crippen LogP contribution >= 0.6 is 11.6 Å². The summed E-state index contributed by atoms with van der Waals surface area (Å²) in [5.74, 6) is 0.609. The van der Waals surface area contributed by atoms with Crippen LogP contribution in [0.1, 0.15) is 17.5 Å². The summed E-state index contributed by atoms with van der Waals surface area (Å²) < 4.78 is 22.3. The van der Waals surface area contributed by atoms with Gasteiger partial charge in [-0.3, -0.25) is 14.3 Å². The molecule has 1 atom stereocenters. The van der Waals surface area contributed by atoms with Crippen LogP contribution in [0.25, 0.3) is 22.2 Å². The molecular weight excluding hydrogens is 445 g/mol. The average molecular weight is 466 g/mol. The smallest absolute Gasteiger partial charge is 0.263 e. The molecule has 1 aliphatic rings. The third-order valence-electron chi connectivity index (χ3n) is 5.90. The van der Waals surface area contributed by atoms with Gasteiger partial charge in [-0.25, -0.2) is 14.4 Å². The molecule has 0 unspecified atom stereocenters. The first-order chi connectivity index (χ1) is 15.9. The van der Waals surface area contributed by atoms with Crippen molar-refractivity contribution in [2.45, 2.75) is 13.0 Å². The van der Waals surface area contributed by atoms with E-state index in [1.807, 2.05) is 12.1 Å². The van der Waals surface area contributed by atoms with Crippen molar-refractivity contribution < 1.29 is 9.13 Å². The van der Waals surface area contributed by atoms with Gasteiger partial charge in [-0.2, -0.15) is 0 Å². The zero-order valence-corrected chi connectivity index (χ0v) is 18.9. The third kappa shape index (κ3) is 3.96. The van der Waals surface area contributed by atoms with Crippen molar-refractivity contribution in [3.8, 4) is 11.3 Å². The van der Waals surface area contributed by atoms with Gasteiger partial charge >= 0.3 is 0 Å². The van der Waals surface area contributed by atoms with E-state index >= 15 is 0 Å². The molecule has 0 aliphatic carbocycles. The van der Waals surface area contributed by atoms with E-state index < -0.39 is 5.82 Å². The van der Waals surface area contributed by atoms with Crippen LogP contribution in [0.2, 0.25) is 5.02 Å². The predicted octanol–water partition coefficient (Wildman–Crippen LogP) is 4.07. The van der Waals surface area contributed by atoms with Gasteiger partial charge < -0.3 is 9.64 Å².